The Bertz CT molecular complexity index is 537. The number of methoxy groups -OCH3 is 1. The molecule has 2 aromatic carbocycles. The molecule has 2 nitrogen and oxygen atoms in total. The van der Waals surface area contributed by atoms with E-state index in [-0.39, 0.29) is 0 Å². The second kappa shape index (κ2) is 7.36. The van der Waals surface area contributed by atoms with Crippen LogP contribution in [-0.2, 0) is 6.54 Å². The molecule has 106 valence electrons. The van der Waals surface area contributed by atoms with Gasteiger partial charge < -0.3 is 10.1 Å². The van der Waals surface area contributed by atoms with Crippen molar-refractivity contribution >= 4 is 11.8 Å². The van der Waals surface area contributed by atoms with Gasteiger partial charge in [0, 0.05) is 22.4 Å². The summed E-state index contributed by atoms with van der Waals surface area (Å²) in [5.41, 5.74) is 1.34. The second-order valence-electron chi connectivity index (χ2n) is 4.92. The second-order valence-corrected chi connectivity index (χ2v) is 6.04. The van der Waals surface area contributed by atoms with E-state index in [1.165, 1.54) is 15.4 Å². The molecule has 0 spiro atoms. The lowest BCUT2D eigenvalue weighted by atomic mass is 10.2. The average molecular weight is 287 g/mol. The highest BCUT2D eigenvalue weighted by Gasteiger charge is 2.05. The molecule has 2 aromatic rings. The molecule has 0 bridgehead atoms. The molecule has 0 aliphatic rings. The van der Waals surface area contributed by atoms with Gasteiger partial charge >= 0.3 is 0 Å². The quantitative estimate of drug-likeness (QED) is 0.853. The van der Waals surface area contributed by atoms with Gasteiger partial charge in [-0.2, -0.15) is 0 Å². The number of ether oxygens (including phenoxy) is 1. The number of rotatable bonds is 6. The summed E-state index contributed by atoms with van der Waals surface area (Å²) in [7, 11) is 1.69. The van der Waals surface area contributed by atoms with E-state index in [0.717, 1.165) is 12.3 Å². The third kappa shape index (κ3) is 4.29. The number of hydrogen-bond donors (Lipinski definition) is 1. The van der Waals surface area contributed by atoms with Gasteiger partial charge in [0.15, 0.2) is 0 Å². The maximum atomic E-state index is 5.19. The molecule has 0 fully saturated rings. The molecule has 20 heavy (non-hydrogen) atoms. The minimum Gasteiger partial charge on any atom is -0.497 e. The van der Waals surface area contributed by atoms with E-state index in [2.05, 4.69) is 55.6 Å². The molecule has 0 atom stereocenters. The SMILES string of the molecule is COc1ccc(Sc2ccccc2CNC(C)C)cc1. The van der Waals surface area contributed by atoms with Crippen LogP contribution in [0.15, 0.2) is 58.3 Å². The van der Waals surface area contributed by atoms with Crippen LogP contribution in [0.25, 0.3) is 0 Å². The fraction of sp³-hybridized carbons (Fsp3) is 0.294. The molecule has 0 heterocycles. The van der Waals surface area contributed by atoms with Crippen molar-refractivity contribution in [3.05, 3.63) is 54.1 Å². The van der Waals surface area contributed by atoms with E-state index in [1.54, 1.807) is 18.9 Å². The zero-order valence-electron chi connectivity index (χ0n) is 12.2. The summed E-state index contributed by atoms with van der Waals surface area (Å²) in [6.45, 7) is 5.23. The Morgan fingerprint density at radius 1 is 1.05 bits per heavy atom. The predicted molar refractivity (Wildman–Crippen MR) is 85.5 cm³/mol. The van der Waals surface area contributed by atoms with Crippen molar-refractivity contribution < 1.29 is 4.74 Å². The van der Waals surface area contributed by atoms with Crippen LogP contribution in [-0.4, -0.2) is 13.2 Å². The highest BCUT2D eigenvalue weighted by atomic mass is 32.2. The molecule has 0 amide bonds. The molecule has 0 aliphatic carbocycles. The first kappa shape index (κ1) is 14.9. The Hall–Kier alpha value is -1.45. The number of benzene rings is 2. The Balaban J connectivity index is 2.11. The molecule has 0 radical (unpaired) electrons. The van der Waals surface area contributed by atoms with Gasteiger partial charge in [0.05, 0.1) is 7.11 Å². The molecular formula is C17H21NOS. The minimum atomic E-state index is 0.494. The lowest BCUT2D eigenvalue weighted by molar-refractivity contribution is 0.414. The van der Waals surface area contributed by atoms with E-state index in [0.29, 0.717) is 6.04 Å². The van der Waals surface area contributed by atoms with E-state index in [9.17, 15) is 0 Å². The van der Waals surface area contributed by atoms with Crippen molar-refractivity contribution in [3.8, 4) is 5.75 Å². The van der Waals surface area contributed by atoms with Crippen LogP contribution in [0.5, 0.6) is 5.75 Å². The summed E-state index contributed by atoms with van der Waals surface area (Å²) in [5, 5.41) is 3.47. The van der Waals surface area contributed by atoms with Gasteiger partial charge in [-0.1, -0.05) is 43.8 Å². The third-order valence-electron chi connectivity index (χ3n) is 2.96. The van der Waals surface area contributed by atoms with Crippen molar-refractivity contribution in [2.45, 2.75) is 36.2 Å². The van der Waals surface area contributed by atoms with Crippen LogP contribution < -0.4 is 10.1 Å². The molecule has 0 saturated carbocycles. The fourth-order valence-electron chi connectivity index (χ4n) is 1.83. The van der Waals surface area contributed by atoms with Crippen molar-refractivity contribution in [1.29, 1.82) is 0 Å². The Kier molecular flexibility index (Phi) is 5.50. The Morgan fingerprint density at radius 3 is 2.40 bits per heavy atom. The van der Waals surface area contributed by atoms with Crippen LogP contribution in [0.3, 0.4) is 0 Å². The first-order chi connectivity index (χ1) is 9.69. The van der Waals surface area contributed by atoms with Crippen molar-refractivity contribution in [3.63, 3.8) is 0 Å². The average Bonchev–Trinajstić information content (AvgIpc) is 2.47. The molecule has 1 N–H and O–H groups in total. The summed E-state index contributed by atoms with van der Waals surface area (Å²) in [4.78, 5) is 2.52. The van der Waals surface area contributed by atoms with Crippen LogP contribution >= 0.6 is 11.8 Å². The zero-order chi connectivity index (χ0) is 14.4. The van der Waals surface area contributed by atoms with Crippen LogP contribution in [0.1, 0.15) is 19.4 Å². The lowest BCUT2D eigenvalue weighted by Crippen LogP contribution is -2.22. The highest BCUT2D eigenvalue weighted by molar-refractivity contribution is 7.99. The van der Waals surface area contributed by atoms with Crippen molar-refractivity contribution in [2.24, 2.45) is 0 Å². The van der Waals surface area contributed by atoms with Crippen LogP contribution in [0.4, 0.5) is 0 Å². The van der Waals surface area contributed by atoms with E-state index >= 15 is 0 Å². The Morgan fingerprint density at radius 2 is 1.75 bits per heavy atom. The van der Waals surface area contributed by atoms with Gasteiger partial charge in [-0.15, -0.1) is 0 Å². The first-order valence-electron chi connectivity index (χ1n) is 6.82. The molecule has 3 heteroatoms. The normalized spacial score (nSPS) is 10.8. The summed E-state index contributed by atoms with van der Waals surface area (Å²) in [6.07, 6.45) is 0. The van der Waals surface area contributed by atoms with Gasteiger partial charge in [0.2, 0.25) is 0 Å². The van der Waals surface area contributed by atoms with Crippen molar-refractivity contribution in [2.75, 3.05) is 7.11 Å². The monoisotopic (exact) mass is 287 g/mol. The Labute approximate surface area is 125 Å². The van der Waals surface area contributed by atoms with Crippen molar-refractivity contribution in [1.82, 2.24) is 5.32 Å². The van der Waals surface area contributed by atoms with E-state index in [1.807, 2.05) is 12.1 Å². The summed E-state index contributed by atoms with van der Waals surface area (Å²) >= 11 is 1.79. The molecular weight excluding hydrogens is 266 g/mol. The summed E-state index contributed by atoms with van der Waals surface area (Å²) < 4.78 is 5.19. The standard InChI is InChI=1S/C17H21NOS/c1-13(2)18-12-14-6-4-5-7-17(14)20-16-10-8-15(19-3)9-11-16/h4-11,13,18H,12H2,1-3H3. The molecule has 0 aromatic heterocycles. The maximum absolute atomic E-state index is 5.19. The number of nitrogens with one attached hydrogen (secondary N) is 1. The molecule has 0 saturated heterocycles. The zero-order valence-corrected chi connectivity index (χ0v) is 13.0. The van der Waals surface area contributed by atoms with E-state index < -0.39 is 0 Å². The van der Waals surface area contributed by atoms with Gasteiger partial charge in [0.25, 0.3) is 0 Å². The summed E-state index contributed by atoms with van der Waals surface area (Å²) in [5.74, 6) is 0.893. The smallest absolute Gasteiger partial charge is 0.118 e. The minimum absolute atomic E-state index is 0.494. The highest BCUT2D eigenvalue weighted by Crippen LogP contribution is 2.31. The van der Waals surface area contributed by atoms with Crippen LogP contribution in [0.2, 0.25) is 0 Å². The molecule has 0 aliphatic heterocycles. The van der Waals surface area contributed by atoms with Gasteiger partial charge in [-0.25, -0.2) is 0 Å². The van der Waals surface area contributed by atoms with Gasteiger partial charge in [-0.3, -0.25) is 0 Å². The van der Waals surface area contributed by atoms with Gasteiger partial charge in [-0.05, 0) is 35.9 Å². The third-order valence-corrected chi connectivity index (χ3v) is 4.09. The van der Waals surface area contributed by atoms with E-state index in [4.69, 9.17) is 4.74 Å². The largest absolute Gasteiger partial charge is 0.497 e. The maximum Gasteiger partial charge on any atom is 0.118 e. The first-order valence-corrected chi connectivity index (χ1v) is 7.64. The predicted octanol–water partition coefficient (Wildman–Crippen LogP) is 4.34. The van der Waals surface area contributed by atoms with Crippen LogP contribution in [0, 0.1) is 0 Å². The number of hydrogen-bond acceptors (Lipinski definition) is 3. The topological polar surface area (TPSA) is 21.3 Å². The molecule has 0 unspecified atom stereocenters. The lowest BCUT2D eigenvalue weighted by Gasteiger charge is -2.12. The molecule has 2 rings (SSSR count). The summed E-state index contributed by atoms with van der Waals surface area (Å²) in [6, 6.07) is 17.2. The fourth-order valence-corrected chi connectivity index (χ4v) is 2.78. The van der Waals surface area contributed by atoms with Gasteiger partial charge in [0.1, 0.15) is 5.75 Å².